The predicted octanol–water partition coefficient (Wildman–Crippen LogP) is 3.27. The molecule has 0 unspecified atom stereocenters. The number of nitrogens with one attached hydrogen (secondary N) is 1. The molecule has 0 aromatic carbocycles. The zero-order chi connectivity index (χ0) is 24.9. The highest BCUT2D eigenvalue weighted by Gasteiger charge is 2.26. The first-order valence-corrected chi connectivity index (χ1v) is 11.2. The molecule has 1 N–H and O–H groups in total. The van der Waals surface area contributed by atoms with Gasteiger partial charge in [-0.2, -0.15) is 0 Å². The van der Waals surface area contributed by atoms with Crippen molar-refractivity contribution < 1.29 is 23.9 Å². The summed E-state index contributed by atoms with van der Waals surface area (Å²) in [5, 5.41) is 2.72. The topological polar surface area (TPSA) is 114 Å². The van der Waals surface area contributed by atoms with Crippen molar-refractivity contribution >= 4 is 29.5 Å². The largest absolute Gasteiger partial charge is 0.462 e. The molecule has 1 aliphatic heterocycles. The summed E-state index contributed by atoms with van der Waals surface area (Å²) in [6.45, 7) is 11.6. The van der Waals surface area contributed by atoms with Crippen LogP contribution in [0.25, 0.3) is 0 Å². The van der Waals surface area contributed by atoms with Crippen molar-refractivity contribution in [3.8, 4) is 0 Å². The summed E-state index contributed by atoms with van der Waals surface area (Å²) in [4.78, 5) is 49.1. The number of pyridine rings is 2. The summed E-state index contributed by atoms with van der Waals surface area (Å²) in [5.74, 6) is -0.511. The fraction of sp³-hybridized carbons (Fsp3) is 0.458. The molecule has 0 saturated carbocycles. The lowest BCUT2D eigenvalue weighted by molar-refractivity contribution is 0.0240. The van der Waals surface area contributed by atoms with Gasteiger partial charge in [-0.05, 0) is 58.9 Å². The van der Waals surface area contributed by atoms with Crippen molar-refractivity contribution in [2.24, 2.45) is 0 Å². The molecule has 3 rings (SSSR count). The molecule has 0 bridgehead atoms. The average Bonchev–Trinajstić information content (AvgIpc) is 2.78. The van der Waals surface area contributed by atoms with Gasteiger partial charge in [-0.1, -0.05) is 0 Å². The Labute approximate surface area is 199 Å². The molecule has 2 aromatic rings. The van der Waals surface area contributed by atoms with Gasteiger partial charge in [0.15, 0.2) is 0 Å². The van der Waals surface area contributed by atoms with E-state index in [9.17, 15) is 14.4 Å². The summed E-state index contributed by atoms with van der Waals surface area (Å²) in [6, 6.07) is 6.59. The predicted molar refractivity (Wildman–Crippen MR) is 127 cm³/mol. The molecule has 182 valence electrons. The van der Waals surface area contributed by atoms with E-state index in [1.165, 1.54) is 12.1 Å². The molecule has 1 aliphatic rings. The van der Waals surface area contributed by atoms with Crippen LogP contribution in [0.4, 0.5) is 16.3 Å². The first kappa shape index (κ1) is 24.9. The Morgan fingerprint density at radius 2 is 1.76 bits per heavy atom. The van der Waals surface area contributed by atoms with E-state index in [1.807, 2.05) is 26.8 Å². The number of anilines is 2. The minimum atomic E-state index is -0.518. The van der Waals surface area contributed by atoms with Gasteiger partial charge in [0, 0.05) is 26.2 Å². The fourth-order valence-electron chi connectivity index (χ4n) is 3.41. The van der Waals surface area contributed by atoms with Crippen LogP contribution in [-0.4, -0.2) is 71.2 Å². The summed E-state index contributed by atoms with van der Waals surface area (Å²) in [5.41, 5.74) is 1.30. The standard InChI is InChI=1S/C24H31N5O5/c1-6-33-22(31)18-8-9-19(26-16(18)2)21(30)27-20-10-7-17(15-25-20)28-11-13-29(14-12-28)23(32)34-24(3,4)5/h7-10,15H,6,11-14H2,1-5H3,(H,25,27,30). The van der Waals surface area contributed by atoms with Crippen LogP contribution in [0.5, 0.6) is 0 Å². The zero-order valence-corrected chi connectivity index (χ0v) is 20.3. The van der Waals surface area contributed by atoms with E-state index in [0.717, 1.165) is 5.69 Å². The fourth-order valence-corrected chi connectivity index (χ4v) is 3.41. The second-order valence-corrected chi connectivity index (χ2v) is 8.86. The van der Waals surface area contributed by atoms with Crippen molar-refractivity contribution in [3.05, 3.63) is 47.4 Å². The molecule has 0 atom stereocenters. The van der Waals surface area contributed by atoms with E-state index in [-0.39, 0.29) is 18.4 Å². The van der Waals surface area contributed by atoms with Gasteiger partial charge >= 0.3 is 12.1 Å². The lowest BCUT2D eigenvalue weighted by Gasteiger charge is -2.36. The van der Waals surface area contributed by atoms with Crippen LogP contribution in [-0.2, 0) is 9.47 Å². The third-order valence-corrected chi connectivity index (χ3v) is 5.10. The molecule has 1 saturated heterocycles. The van der Waals surface area contributed by atoms with Crippen LogP contribution in [0.15, 0.2) is 30.5 Å². The van der Waals surface area contributed by atoms with Gasteiger partial charge in [0.1, 0.15) is 17.1 Å². The normalized spacial score (nSPS) is 13.9. The smallest absolute Gasteiger partial charge is 0.410 e. The Hall–Kier alpha value is -3.69. The highest BCUT2D eigenvalue weighted by Crippen LogP contribution is 2.19. The van der Waals surface area contributed by atoms with Gasteiger partial charge < -0.3 is 24.6 Å². The Balaban J connectivity index is 1.56. The molecule has 2 amide bonds. The van der Waals surface area contributed by atoms with Gasteiger partial charge in [0.25, 0.3) is 5.91 Å². The summed E-state index contributed by atoms with van der Waals surface area (Å²) in [6.07, 6.45) is 1.38. The van der Waals surface area contributed by atoms with Crippen LogP contribution in [0, 0.1) is 6.92 Å². The molecule has 0 spiro atoms. The maximum absolute atomic E-state index is 12.6. The number of piperazine rings is 1. The number of esters is 1. The number of amides is 2. The zero-order valence-electron chi connectivity index (χ0n) is 20.3. The minimum Gasteiger partial charge on any atom is -0.462 e. The molecule has 2 aromatic heterocycles. The number of aryl methyl sites for hydroxylation is 1. The van der Waals surface area contributed by atoms with Crippen LogP contribution in [0.3, 0.4) is 0 Å². The van der Waals surface area contributed by atoms with E-state index in [2.05, 4.69) is 20.2 Å². The number of ether oxygens (including phenoxy) is 2. The number of carbonyl (C=O) groups excluding carboxylic acids is 3. The summed E-state index contributed by atoms with van der Waals surface area (Å²) in [7, 11) is 0. The van der Waals surface area contributed by atoms with Crippen molar-refractivity contribution in [1.82, 2.24) is 14.9 Å². The SMILES string of the molecule is CCOC(=O)c1ccc(C(=O)Nc2ccc(N3CCN(C(=O)OC(C)(C)C)CC3)cn2)nc1C. The summed E-state index contributed by atoms with van der Waals surface area (Å²) >= 11 is 0. The molecule has 0 aliphatic carbocycles. The molecule has 34 heavy (non-hydrogen) atoms. The van der Waals surface area contributed by atoms with Crippen LogP contribution >= 0.6 is 0 Å². The molecule has 3 heterocycles. The highest BCUT2D eigenvalue weighted by atomic mass is 16.6. The molecule has 0 radical (unpaired) electrons. The molecular weight excluding hydrogens is 438 g/mol. The Bertz CT molecular complexity index is 1040. The quantitative estimate of drug-likeness (QED) is 0.664. The Kier molecular flexibility index (Phi) is 7.70. The van der Waals surface area contributed by atoms with Crippen molar-refractivity contribution in [2.45, 2.75) is 40.2 Å². The van der Waals surface area contributed by atoms with E-state index >= 15 is 0 Å². The second kappa shape index (κ2) is 10.5. The summed E-state index contributed by atoms with van der Waals surface area (Å²) < 4.78 is 10.4. The third-order valence-electron chi connectivity index (χ3n) is 5.10. The Morgan fingerprint density at radius 1 is 1.06 bits per heavy atom. The second-order valence-electron chi connectivity index (χ2n) is 8.86. The van der Waals surface area contributed by atoms with E-state index in [4.69, 9.17) is 9.47 Å². The maximum atomic E-state index is 12.6. The van der Waals surface area contributed by atoms with Gasteiger partial charge in [0.05, 0.1) is 29.7 Å². The minimum absolute atomic E-state index is 0.176. The first-order chi connectivity index (χ1) is 16.1. The molecule has 1 fully saturated rings. The van der Waals surface area contributed by atoms with Gasteiger partial charge in [0.2, 0.25) is 0 Å². The van der Waals surface area contributed by atoms with Crippen LogP contribution < -0.4 is 10.2 Å². The van der Waals surface area contributed by atoms with Gasteiger partial charge in [-0.15, -0.1) is 0 Å². The van der Waals surface area contributed by atoms with Crippen LogP contribution in [0.2, 0.25) is 0 Å². The Morgan fingerprint density at radius 3 is 2.32 bits per heavy atom. The number of aromatic nitrogens is 2. The highest BCUT2D eigenvalue weighted by molar-refractivity contribution is 6.03. The molecule has 10 nitrogen and oxygen atoms in total. The number of rotatable bonds is 5. The third kappa shape index (κ3) is 6.43. The average molecular weight is 470 g/mol. The lowest BCUT2D eigenvalue weighted by atomic mass is 10.2. The monoisotopic (exact) mass is 469 g/mol. The number of hydrogen-bond acceptors (Lipinski definition) is 8. The van der Waals surface area contributed by atoms with Crippen molar-refractivity contribution in [2.75, 3.05) is 43.0 Å². The maximum Gasteiger partial charge on any atom is 0.410 e. The molecule has 10 heteroatoms. The lowest BCUT2D eigenvalue weighted by Crippen LogP contribution is -2.50. The molecular formula is C24H31N5O5. The van der Waals surface area contributed by atoms with E-state index in [0.29, 0.717) is 43.3 Å². The number of hydrogen-bond donors (Lipinski definition) is 1. The van der Waals surface area contributed by atoms with Gasteiger partial charge in [-0.3, -0.25) is 4.79 Å². The van der Waals surface area contributed by atoms with Gasteiger partial charge in [-0.25, -0.2) is 19.6 Å². The van der Waals surface area contributed by atoms with E-state index in [1.54, 1.807) is 31.0 Å². The van der Waals surface area contributed by atoms with Crippen molar-refractivity contribution in [3.63, 3.8) is 0 Å². The first-order valence-electron chi connectivity index (χ1n) is 11.2. The van der Waals surface area contributed by atoms with Crippen LogP contribution in [0.1, 0.15) is 54.2 Å². The number of carbonyl (C=O) groups is 3. The number of nitrogens with zero attached hydrogens (tertiary/aromatic N) is 4. The van der Waals surface area contributed by atoms with Crippen molar-refractivity contribution in [1.29, 1.82) is 0 Å². The van der Waals surface area contributed by atoms with E-state index < -0.39 is 17.5 Å².